The number of pyridine rings is 1. The van der Waals surface area contributed by atoms with Crippen molar-refractivity contribution in [2.24, 2.45) is 0 Å². The van der Waals surface area contributed by atoms with Gasteiger partial charge in [0.05, 0.1) is 30.3 Å². The third-order valence-corrected chi connectivity index (χ3v) is 6.47. The summed E-state index contributed by atoms with van der Waals surface area (Å²) in [5, 5.41) is 3.64. The lowest BCUT2D eigenvalue weighted by Crippen LogP contribution is -2.26. The van der Waals surface area contributed by atoms with Gasteiger partial charge in [0.25, 0.3) is 5.56 Å². The van der Waals surface area contributed by atoms with Crippen molar-refractivity contribution in [2.45, 2.75) is 25.7 Å². The van der Waals surface area contributed by atoms with E-state index in [-0.39, 0.29) is 23.8 Å². The second-order valence-electron chi connectivity index (χ2n) is 9.08. The van der Waals surface area contributed by atoms with E-state index in [4.69, 9.17) is 10.5 Å². The molecule has 0 atom stereocenters. The Hall–Kier alpha value is -4.12. The fourth-order valence-electron chi connectivity index (χ4n) is 4.48. The number of halogens is 3. The summed E-state index contributed by atoms with van der Waals surface area (Å²) < 4.78 is 45.8. The monoisotopic (exact) mass is 510 g/mol. The lowest BCUT2D eigenvalue weighted by molar-refractivity contribution is -0.137. The number of nitrogens with zero attached hydrogens (tertiary/aromatic N) is 4. The van der Waals surface area contributed by atoms with Crippen LogP contribution in [0.1, 0.15) is 22.3 Å². The highest BCUT2D eigenvalue weighted by molar-refractivity contribution is 5.88. The first-order chi connectivity index (χ1) is 17.6. The van der Waals surface area contributed by atoms with Crippen LogP contribution in [0.15, 0.2) is 53.5 Å². The molecule has 3 heterocycles. The molecule has 0 saturated heterocycles. The Balaban J connectivity index is 1.53. The van der Waals surface area contributed by atoms with Gasteiger partial charge in [0.2, 0.25) is 5.95 Å². The Morgan fingerprint density at radius 1 is 1.14 bits per heavy atom. The van der Waals surface area contributed by atoms with Crippen LogP contribution >= 0.6 is 0 Å². The second kappa shape index (κ2) is 9.40. The molecule has 2 aromatic heterocycles. The maximum atomic E-state index is 12.9. The number of nitrogens with one attached hydrogen (secondary N) is 1. The molecule has 0 radical (unpaired) electrons. The molecule has 0 aliphatic carbocycles. The van der Waals surface area contributed by atoms with Crippen LogP contribution in [-0.4, -0.2) is 40.1 Å². The maximum Gasteiger partial charge on any atom is 0.416 e. The van der Waals surface area contributed by atoms with Gasteiger partial charge in [-0.25, -0.2) is 4.98 Å². The average molecular weight is 511 g/mol. The van der Waals surface area contributed by atoms with Crippen molar-refractivity contribution in [1.82, 2.24) is 19.4 Å². The van der Waals surface area contributed by atoms with Crippen molar-refractivity contribution >= 4 is 28.4 Å². The lowest BCUT2D eigenvalue weighted by atomic mass is 9.99. The summed E-state index contributed by atoms with van der Waals surface area (Å²) in [7, 11) is 3.65. The molecule has 0 spiro atoms. The van der Waals surface area contributed by atoms with E-state index in [9.17, 15) is 18.0 Å². The van der Waals surface area contributed by atoms with E-state index < -0.39 is 17.3 Å². The summed E-state index contributed by atoms with van der Waals surface area (Å²) in [5.41, 5.74) is 8.93. The number of aromatic nitrogens is 3. The van der Waals surface area contributed by atoms with Crippen LogP contribution in [0.5, 0.6) is 5.75 Å². The SMILES string of the molecule is COc1cc2c(cc1Nc1ncc3c(N)cc(=O)n(Cc4ccc(C(F)(F)F)cc4)c3n1)CN(C)CC2. The molecular formula is C26H25F3N6O2. The van der Waals surface area contributed by atoms with Gasteiger partial charge in [-0.1, -0.05) is 12.1 Å². The fraction of sp³-hybridized carbons (Fsp3) is 0.269. The van der Waals surface area contributed by atoms with Gasteiger partial charge in [0.1, 0.15) is 5.75 Å². The number of ether oxygens (including phenoxy) is 1. The number of alkyl halides is 3. The minimum Gasteiger partial charge on any atom is -0.495 e. The van der Waals surface area contributed by atoms with Crippen molar-refractivity contribution in [3.05, 3.63) is 81.3 Å². The summed E-state index contributed by atoms with van der Waals surface area (Å²) in [6.45, 7) is 1.78. The van der Waals surface area contributed by atoms with Gasteiger partial charge in [0.15, 0.2) is 5.65 Å². The summed E-state index contributed by atoms with van der Waals surface area (Å²) in [5.74, 6) is 0.864. The zero-order valence-electron chi connectivity index (χ0n) is 20.3. The molecule has 1 aliphatic rings. The molecule has 2 aromatic carbocycles. The van der Waals surface area contributed by atoms with Crippen LogP contribution in [0, 0.1) is 0 Å². The smallest absolute Gasteiger partial charge is 0.416 e. The van der Waals surface area contributed by atoms with Crippen LogP contribution in [0.4, 0.5) is 30.5 Å². The van der Waals surface area contributed by atoms with Gasteiger partial charge >= 0.3 is 6.18 Å². The summed E-state index contributed by atoms with van der Waals surface area (Å²) in [6, 6.07) is 9.92. The third kappa shape index (κ3) is 4.94. The van der Waals surface area contributed by atoms with Gasteiger partial charge in [-0.3, -0.25) is 9.36 Å². The Morgan fingerprint density at radius 3 is 2.59 bits per heavy atom. The van der Waals surface area contributed by atoms with Gasteiger partial charge in [0, 0.05) is 31.0 Å². The highest BCUT2D eigenvalue weighted by Crippen LogP contribution is 2.33. The van der Waals surface area contributed by atoms with E-state index >= 15 is 0 Å². The molecule has 5 rings (SSSR count). The van der Waals surface area contributed by atoms with Gasteiger partial charge < -0.3 is 20.7 Å². The predicted molar refractivity (Wildman–Crippen MR) is 135 cm³/mol. The van der Waals surface area contributed by atoms with Crippen LogP contribution in [0.2, 0.25) is 0 Å². The first-order valence-corrected chi connectivity index (χ1v) is 11.6. The van der Waals surface area contributed by atoms with Crippen molar-refractivity contribution < 1.29 is 17.9 Å². The van der Waals surface area contributed by atoms with E-state index in [0.29, 0.717) is 22.4 Å². The van der Waals surface area contributed by atoms with Gasteiger partial charge in [-0.05, 0) is 54.4 Å². The molecule has 0 saturated carbocycles. The molecule has 192 valence electrons. The maximum absolute atomic E-state index is 12.9. The van der Waals surface area contributed by atoms with Crippen molar-refractivity contribution in [3.8, 4) is 5.75 Å². The minimum atomic E-state index is -4.44. The fourth-order valence-corrected chi connectivity index (χ4v) is 4.48. The predicted octanol–water partition coefficient (Wildman–Crippen LogP) is 4.18. The van der Waals surface area contributed by atoms with E-state index in [2.05, 4.69) is 27.2 Å². The zero-order valence-corrected chi connectivity index (χ0v) is 20.3. The molecule has 0 amide bonds. The molecule has 37 heavy (non-hydrogen) atoms. The number of benzene rings is 2. The van der Waals surface area contributed by atoms with Crippen molar-refractivity contribution in [1.29, 1.82) is 0 Å². The molecular weight excluding hydrogens is 485 g/mol. The molecule has 3 N–H and O–H groups in total. The van der Waals surface area contributed by atoms with Crippen LogP contribution < -0.4 is 21.3 Å². The number of nitrogens with two attached hydrogens (primary N) is 1. The number of methoxy groups -OCH3 is 1. The number of likely N-dealkylation sites (N-methyl/N-ethyl adjacent to an activating group) is 1. The Bertz CT molecular complexity index is 1530. The number of hydrogen-bond donors (Lipinski definition) is 2. The number of anilines is 3. The topological polar surface area (TPSA) is 98.3 Å². The Kier molecular flexibility index (Phi) is 6.24. The molecule has 8 nitrogen and oxygen atoms in total. The summed E-state index contributed by atoms with van der Waals surface area (Å²) in [6.07, 6.45) is -2.00. The number of rotatable bonds is 5. The standard InChI is InChI=1S/C26H25F3N6O2/c1-34-8-7-16-10-22(37-2)21(9-17(16)14-34)32-25-31-12-19-20(30)11-23(36)35(24(19)33-25)13-15-3-5-18(6-4-15)26(27,28)29/h3-6,9-12H,7-8,13-14,30H2,1-2H3,(H,31,32,33). The highest BCUT2D eigenvalue weighted by Gasteiger charge is 2.30. The highest BCUT2D eigenvalue weighted by atomic mass is 19.4. The minimum absolute atomic E-state index is 0.0126. The van der Waals surface area contributed by atoms with E-state index in [0.717, 1.165) is 31.6 Å². The Morgan fingerprint density at radius 2 is 1.89 bits per heavy atom. The quantitative estimate of drug-likeness (QED) is 0.416. The zero-order chi connectivity index (χ0) is 26.3. The van der Waals surface area contributed by atoms with Gasteiger partial charge in [-0.2, -0.15) is 18.2 Å². The molecule has 0 bridgehead atoms. The number of nitrogen functional groups attached to an aromatic ring is 1. The van der Waals surface area contributed by atoms with E-state index in [1.54, 1.807) is 7.11 Å². The molecule has 0 unspecified atom stereocenters. The van der Waals surface area contributed by atoms with Crippen LogP contribution in [0.25, 0.3) is 11.0 Å². The normalized spacial score (nSPS) is 14.0. The number of hydrogen-bond acceptors (Lipinski definition) is 7. The Labute approximate surface area is 210 Å². The molecule has 1 aliphatic heterocycles. The lowest BCUT2D eigenvalue weighted by Gasteiger charge is -2.26. The van der Waals surface area contributed by atoms with E-state index in [1.807, 2.05) is 12.1 Å². The van der Waals surface area contributed by atoms with Crippen LogP contribution in [0.3, 0.4) is 0 Å². The molecule has 4 aromatic rings. The third-order valence-electron chi connectivity index (χ3n) is 6.47. The summed E-state index contributed by atoms with van der Waals surface area (Å²) in [4.78, 5) is 24.0. The molecule has 11 heteroatoms. The van der Waals surface area contributed by atoms with E-state index in [1.165, 1.54) is 40.1 Å². The van der Waals surface area contributed by atoms with Crippen LogP contribution in [-0.2, 0) is 25.7 Å². The first kappa shape index (κ1) is 24.6. The van der Waals surface area contributed by atoms with Gasteiger partial charge in [-0.15, -0.1) is 0 Å². The summed E-state index contributed by atoms with van der Waals surface area (Å²) >= 11 is 0. The average Bonchev–Trinajstić information content (AvgIpc) is 2.85. The number of fused-ring (bicyclic) bond motifs is 2. The van der Waals surface area contributed by atoms with Crippen molar-refractivity contribution in [2.75, 3.05) is 31.8 Å². The first-order valence-electron chi connectivity index (χ1n) is 11.6. The second-order valence-corrected chi connectivity index (χ2v) is 9.08. The molecule has 0 fully saturated rings. The largest absolute Gasteiger partial charge is 0.495 e. The van der Waals surface area contributed by atoms with Crippen molar-refractivity contribution in [3.63, 3.8) is 0 Å².